The highest BCUT2D eigenvalue weighted by Crippen LogP contribution is 2.30. The van der Waals surface area contributed by atoms with Gasteiger partial charge in [-0.3, -0.25) is 9.59 Å². The van der Waals surface area contributed by atoms with Gasteiger partial charge in [0, 0.05) is 36.6 Å². The molecule has 1 aliphatic rings. The largest absolute Gasteiger partial charge is 0.342 e. The Balaban J connectivity index is 1.71. The Morgan fingerprint density at radius 1 is 1.29 bits per heavy atom. The van der Waals surface area contributed by atoms with Crippen LogP contribution in [0, 0.1) is 12.7 Å². The summed E-state index contributed by atoms with van der Waals surface area (Å²) in [5.74, 6) is -0.290. The number of rotatable bonds is 4. The zero-order chi connectivity index (χ0) is 17.1. The van der Waals surface area contributed by atoms with Crippen LogP contribution < -0.4 is 0 Å². The molecular weight excluding hydrogens is 329 g/mol. The number of aromatic nitrogens is 1. The number of amides is 2. The van der Waals surface area contributed by atoms with Crippen molar-refractivity contribution in [2.45, 2.75) is 13.3 Å². The lowest BCUT2D eigenvalue weighted by Gasteiger charge is -2.32. The minimum absolute atomic E-state index is 0.0207. The van der Waals surface area contributed by atoms with Gasteiger partial charge in [0.1, 0.15) is 10.8 Å². The summed E-state index contributed by atoms with van der Waals surface area (Å²) < 4.78 is 13.9. The third kappa shape index (κ3) is 3.46. The van der Waals surface area contributed by atoms with Gasteiger partial charge in [-0.15, -0.1) is 11.3 Å². The minimum Gasteiger partial charge on any atom is -0.342 e. The number of carbonyl (C=O) groups excluding carboxylic acids is 2. The molecule has 24 heavy (non-hydrogen) atoms. The number of thiazole rings is 1. The second kappa shape index (κ2) is 7.09. The standard InChI is InChI=1S/C17H18FN3O2S/c1-12-15(10-16(23)21-8-6-20(11-22)7-9-21)24-17(19-12)13-4-2-3-5-14(13)18/h2-5,11H,6-10H2,1H3. The van der Waals surface area contributed by atoms with E-state index in [9.17, 15) is 14.0 Å². The molecule has 2 heterocycles. The van der Waals surface area contributed by atoms with Crippen molar-refractivity contribution in [3.05, 3.63) is 40.7 Å². The van der Waals surface area contributed by atoms with Crippen molar-refractivity contribution >= 4 is 23.7 Å². The van der Waals surface area contributed by atoms with E-state index in [1.807, 2.05) is 6.92 Å². The van der Waals surface area contributed by atoms with Crippen molar-refractivity contribution in [2.24, 2.45) is 0 Å². The van der Waals surface area contributed by atoms with Gasteiger partial charge < -0.3 is 9.80 Å². The SMILES string of the molecule is Cc1nc(-c2ccccc2F)sc1CC(=O)N1CCN(C=O)CC1. The zero-order valence-corrected chi connectivity index (χ0v) is 14.2. The molecule has 5 nitrogen and oxygen atoms in total. The van der Waals surface area contributed by atoms with Crippen LogP contribution in [0.1, 0.15) is 10.6 Å². The Hall–Kier alpha value is -2.28. The minimum atomic E-state index is -0.311. The maximum atomic E-state index is 13.9. The summed E-state index contributed by atoms with van der Waals surface area (Å²) in [6.07, 6.45) is 1.08. The first-order chi connectivity index (χ1) is 11.6. The Kier molecular flexibility index (Phi) is 4.89. The first kappa shape index (κ1) is 16.6. The van der Waals surface area contributed by atoms with Crippen molar-refractivity contribution < 1.29 is 14.0 Å². The van der Waals surface area contributed by atoms with Gasteiger partial charge in [0.15, 0.2) is 0 Å². The number of aryl methyl sites for hydroxylation is 1. The van der Waals surface area contributed by atoms with Crippen LogP contribution in [0.4, 0.5) is 4.39 Å². The smallest absolute Gasteiger partial charge is 0.228 e. The van der Waals surface area contributed by atoms with Gasteiger partial charge >= 0.3 is 0 Å². The Bertz CT molecular complexity index is 754. The van der Waals surface area contributed by atoms with Crippen LogP contribution in [-0.2, 0) is 16.0 Å². The number of benzene rings is 1. The summed E-state index contributed by atoms with van der Waals surface area (Å²) in [6.45, 7) is 4.08. The first-order valence-corrected chi connectivity index (χ1v) is 8.58. The van der Waals surface area contributed by atoms with Crippen LogP contribution in [0.15, 0.2) is 24.3 Å². The Morgan fingerprint density at radius 3 is 2.67 bits per heavy atom. The van der Waals surface area contributed by atoms with Crippen LogP contribution in [0.2, 0.25) is 0 Å². The maximum Gasteiger partial charge on any atom is 0.228 e. The van der Waals surface area contributed by atoms with E-state index < -0.39 is 0 Å². The molecule has 0 atom stereocenters. The van der Waals surface area contributed by atoms with Crippen molar-refractivity contribution in [1.82, 2.24) is 14.8 Å². The van der Waals surface area contributed by atoms with Crippen molar-refractivity contribution in [2.75, 3.05) is 26.2 Å². The summed E-state index contributed by atoms with van der Waals surface area (Å²) >= 11 is 1.36. The predicted octanol–water partition coefficient (Wildman–Crippen LogP) is 2.10. The van der Waals surface area contributed by atoms with E-state index in [2.05, 4.69) is 4.98 Å². The number of hydrogen-bond acceptors (Lipinski definition) is 4. The molecule has 0 spiro atoms. The van der Waals surface area contributed by atoms with E-state index in [4.69, 9.17) is 0 Å². The number of halogens is 1. The fourth-order valence-corrected chi connectivity index (χ4v) is 3.75. The van der Waals surface area contributed by atoms with E-state index in [1.165, 1.54) is 17.4 Å². The number of piperazine rings is 1. The maximum absolute atomic E-state index is 13.9. The van der Waals surface area contributed by atoms with Gasteiger partial charge in [-0.25, -0.2) is 9.37 Å². The number of carbonyl (C=O) groups is 2. The molecule has 1 aromatic carbocycles. The van der Waals surface area contributed by atoms with Crippen molar-refractivity contribution in [3.63, 3.8) is 0 Å². The molecule has 2 aromatic rings. The molecule has 126 valence electrons. The molecule has 1 aliphatic heterocycles. The highest BCUT2D eigenvalue weighted by Gasteiger charge is 2.22. The topological polar surface area (TPSA) is 53.5 Å². The predicted molar refractivity (Wildman–Crippen MR) is 90.2 cm³/mol. The van der Waals surface area contributed by atoms with Crippen LogP contribution in [0.5, 0.6) is 0 Å². The normalized spacial score (nSPS) is 14.8. The quantitative estimate of drug-likeness (QED) is 0.796. The molecule has 1 aromatic heterocycles. The van der Waals surface area contributed by atoms with E-state index in [0.717, 1.165) is 17.0 Å². The molecular formula is C17H18FN3O2S. The summed E-state index contributed by atoms with van der Waals surface area (Å²) in [5.41, 5.74) is 1.22. The van der Waals surface area contributed by atoms with Gasteiger partial charge in [0.25, 0.3) is 0 Å². The van der Waals surface area contributed by atoms with Gasteiger partial charge in [-0.2, -0.15) is 0 Å². The Labute approximate surface area is 143 Å². The van der Waals surface area contributed by atoms with E-state index in [1.54, 1.807) is 28.0 Å². The third-order valence-corrected chi connectivity index (χ3v) is 5.32. The fourth-order valence-electron chi connectivity index (χ4n) is 2.67. The molecule has 0 bridgehead atoms. The van der Waals surface area contributed by atoms with E-state index >= 15 is 0 Å². The summed E-state index contributed by atoms with van der Waals surface area (Å²) in [5, 5.41) is 0.596. The third-order valence-electron chi connectivity index (χ3n) is 4.12. The molecule has 0 aliphatic carbocycles. The average Bonchev–Trinajstić information content (AvgIpc) is 2.95. The highest BCUT2D eigenvalue weighted by atomic mass is 32.1. The van der Waals surface area contributed by atoms with Crippen LogP contribution >= 0.6 is 11.3 Å². The van der Waals surface area contributed by atoms with Gasteiger partial charge in [-0.1, -0.05) is 12.1 Å². The molecule has 3 rings (SSSR count). The number of hydrogen-bond donors (Lipinski definition) is 0. The summed E-state index contributed by atoms with van der Waals surface area (Å²) in [6, 6.07) is 6.51. The zero-order valence-electron chi connectivity index (χ0n) is 13.4. The Morgan fingerprint density at radius 2 is 2.00 bits per heavy atom. The van der Waals surface area contributed by atoms with Crippen molar-refractivity contribution in [3.8, 4) is 10.6 Å². The van der Waals surface area contributed by atoms with Gasteiger partial charge in [0.2, 0.25) is 12.3 Å². The van der Waals surface area contributed by atoms with E-state index in [-0.39, 0.29) is 18.1 Å². The average molecular weight is 347 g/mol. The molecule has 2 amide bonds. The molecule has 0 radical (unpaired) electrons. The van der Waals surface area contributed by atoms with Gasteiger partial charge in [-0.05, 0) is 19.1 Å². The van der Waals surface area contributed by atoms with Gasteiger partial charge in [0.05, 0.1) is 12.1 Å². The second-order valence-electron chi connectivity index (χ2n) is 5.71. The van der Waals surface area contributed by atoms with Crippen LogP contribution in [0.25, 0.3) is 10.6 Å². The number of nitrogens with zero attached hydrogens (tertiary/aromatic N) is 3. The second-order valence-corrected chi connectivity index (χ2v) is 6.79. The van der Waals surface area contributed by atoms with Crippen LogP contribution in [0.3, 0.4) is 0 Å². The fraction of sp³-hybridized carbons (Fsp3) is 0.353. The first-order valence-electron chi connectivity index (χ1n) is 7.77. The molecule has 7 heteroatoms. The summed E-state index contributed by atoms with van der Waals surface area (Å²) in [4.78, 5) is 31.9. The lowest BCUT2D eigenvalue weighted by molar-refractivity contribution is -0.134. The molecule has 0 unspecified atom stereocenters. The summed E-state index contributed by atoms with van der Waals surface area (Å²) in [7, 11) is 0. The molecule has 0 saturated carbocycles. The molecule has 1 fully saturated rings. The van der Waals surface area contributed by atoms with Crippen molar-refractivity contribution in [1.29, 1.82) is 0 Å². The van der Waals surface area contributed by atoms with E-state index in [0.29, 0.717) is 36.8 Å². The monoisotopic (exact) mass is 347 g/mol. The lowest BCUT2D eigenvalue weighted by Crippen LogP contribution is -2.48. The molecule has 0 N–H and O–H groups in total. The molecule has 1 saturated heterocycles. The lowest BCUT2D eigenvalue weighted by atomic mass is 10.2. The highest BCUT2D eigenvalue weighted by molar-refractivity contribution is 7.15. The van der Waals surface area contributed by atoms with Crippen LogP contribution in [-0.4, -0.2) is 53.3 Å².